The summed E-state index contributed by atoms with van der Waals surface area (Å²) in [7, 11) is 0. The summed E-state index contributed by atoms with van der Waals surface area (Å²) in [4.78, 5) is 20.3. The summed E-state index contributed by atoms with van der Waals surface area (Å²) in [6, 6.07) is 17.5. The fourth-order valence-electron chi connectivity index (χ4n) is 2.44. The second kappa shape index (κ2) is 8.62. The van der Waals surface area contributed by atoms with Gasteiger partial charge in [0, 0.05) is 29.7 Å². The van der Waals surface area contributed by atoms with E-state index >= 15 is 0 Å². The molecule has 3 N–H and O–H groups in total. The average molecular weight is 359 g/mol. The summed E-state index contributed by atoms with van der Waals surface area (Å²) in [5.41, 5.74) is 3.56. The van der Waals surface area contributed by atoms with Crippen LogP contribution in [0.2, 0.25) is 0 Å². The fraction of sp³-hybridized carbons (Fsp3) is 0.0952. The number of hydrogen-bond donors (Lipinski definition) is 3. The Labute approximate surface area is 158 Å². The quantitative estimate of drug-likeness (QED) is 0.549. The lowest BCUT2D eigenvalue weighted by atomic mass is 10.2. The minimum Gasteiger partial charge on any atom is -0.350 e. The van der Waals surface area contributed by atoms with Gasteiger partial charge in [0.1, 0.15) is 5.82 Å². The fourth-order valence-corrected chi connectivity index (χ4v) is 2.44. The van der Waals surface area contributed by atoms with E-state index in [0.717, 1.165) is 16.8 Å². The highest BCUT2D eigenvalue weighted by atomic mass is 16.1. The van der Waals surface area contributed by atoms with Crippen molar-refractivity contribution in [1.29, 1.82) is 0 Å². The van der Waals surface area contributed by atoms with Crippen molar-refractivity contribution in [3.63, 3.8) is 0 Å². The highest BCUT2D eigenvalue weighted by molar-refractivity contribution is 5.99. The second-order valence-corrected chi connectivity index (χ2v) is 5.96. The van der Waals surface area contributed by atoms with Crippen molar-refractivity contribution in [3.05, 3.63) is 84.6 Å². The van der Waals surface area contributed by atoms with E-state index in [1.54, 1.807) is 6.20 Å². The van der Waals surface area contributed by atoms with Crippen LogP contribution in [0, 0.1) is 6.92 Å². The first kappa shape index (κ1) is 18.1. The number of benzene rings is 2. The highest BCUT2D eigenvalue weighted by Crippen LogP contribution is 2.22. The van der Waals surface area contributed by atoms with Crippen LogP contribution in [0.3, 0.4) is 0 Å². The van der Waals surface area contributed by atoms with Crippen molar-refractivity contribution in [2.24, 2.45) is 0 Å². The molecular formula is C21H21N5O. The molecule has 0 saturated carbocycles. The molecule has 0 aliphatic rings. The van der Waals surface area contributed by atoms with E-state index < -0.39 is 0 Å². The second-order valence-electron chi connectivity index (χ2n) is 5.96. The number of aryl methyl sites for hydroxylation is 1. The topological polar surface area (TPSA) is 78.9 Å². The van der Waals surface area contributed by atoms with E-state index in [1.165, 1.54) is 6.08 Å². The smallest absolute Gasteiger partial charge is 0.247 e. The van der Waals surface area contributed by atoms with Gasteiger partial charge < -0.3 is 16.0 Å². The molecule has 1 aromatic heterocycles. The molecule has 27 heavy (non-hydrogen) atoms. The normalized spacial score (nSPS) is 10.1. The lowest BCUT2D eigenvalue weighted by molar-refractivity contribution is -0.111. The predicted octanol–water partition coefficient (Wildman–Crippen LogP) is 4.27. The van der Waals surface area contributed by atoms with Crippen LogP contribution in [0.4, 0.5) is 23.1 Å². The predicted molar refractivity (Wildman–Crippen MR) is 109 cm³/mol. The van der Waals surface area contributed by atoms with Gasteiger partial charge in [0.2, 0.25) is 11.9 Å². The van der Waals surface area contributed by atoms with Crippen LogP contribution in [-0.2, 0) is 11.3 Å². The number of anilines is 4. The Bertz CT molecular complexity index is 940. The summed E-state index contributed by atoms with van der Waals surface area (Å²) < 4.78 is 0. The van der Waals surface area contributed by atoms with Crippen LogP contribution >= 0.6 is 0 Å². The minimum atomic E-state index is -0.252. The average Bonchev–Trinajstić information content (AvgIpc) is 2.69. The molecule has 6 nitrogen and oxygen atoms in total. The maximum atomic E-state index is 11.5. The van der Waals surface area contributed by atoms with Crippen molar-refractivity contribution < 1.29 is 4.79 Å². The van der Waals surface area contributed by atoms with Gasteiger partial charge in [-0.15, -0.1) is 0 Å². The first-order valence-electron chi connectivity index (χ1n) is 8.56. The van der Waals surface area contributed by atoms with Crippen molar-refractivity contribution >= 4 is 29.0 Å². The molecule has 0 atom stereocenters. The standard InChI is InChI=1S/C21H21N5O/c1-3-19(27)24-17-10-7-11-18(12-17)25-20-15(2)13-22-21(26-20)23-14-16-8-5-4-6-9-16/h3-13H,1,14H2,2H3,(H,24,27)(H2,22,23,25,26). The van der Waals surface area contributed by atoms with Crippen LogP contribution in [0.15, 0.2) is 73.4 Å². The number of aromatic nitrogens is 2. The van der Waals surface area contributed by atoms with E-state index in [1.807, 2.05) is 61.5 Å². The first-order chi connectivity index (χ1) is 13.1. The Morgan fingerprint density at radius 2 is 1.89 bits per heavy atom. The molecular weight excluding hydrogens is 338 g/mol. The van der Waals surface area contributed by atoms with Gasteiger partial charge in [0.25, 0.3) is 0 Å². The van der Waals surface area contributed by atoms with E-state index in [0.29, 0.717) is 24.0 Å². The molecule has 0 aliphatic carbocycles. The largest absolute Gasteiger partial charge is 0.350 e. The summed E-state index contributed by atoms with van der Waals surface area (Å²) in [5, 5.41) is 9.24. The summed E-state index contributed by atoms with van der Waals surface area (Å²) in [6.07, 6.45) is 3.01. The van der Waals surface area contributed by atoms with Gasteiger partial charge in [-0.05, 0) is 36.8 Å². The third-order valence-corrected chi connectivity index (χ3v) is 3.84. The maximum absolute atomic E-state index is 11.5. The number of nitrogens with zero attached hydrogens (tertiary/aromatic N) is 2. The van der Waals surface area contributed by atoms with Gasteiger partial charge in [-0.1, -0.05) is 43.0 Å². The monoisotopic (exact) mass is 359 g/mol. The van der Waals surface area contributed by atoms with E-state index in [2.05, 4.69) is 32.5 Å². The number of hydrogen-bond acceptors (Lipinski definition) is 5. The third-order valence-electron chi connectivity index (χ3n) is 3.84. The Hall–Kier alpha value is -3.67. The van der Waals surface area contributed by atoms with Gasteiger partial charge in [0.15, 0.2) is 0 Å². The molecule has 2 aromatic carbocycles. The first-order valence-corrected chi connectivity index (χ1v) is 8.56. The third kappa shape index (κ3) is 5.15. The van der Waals surface area contributed by atoms with Crippen LogP contribution in [-0.4, -0.2) is 15.9 Å². The zero-order valence-electron chi connectivity index (χ0n) is 15.1. The van der Waals surface area contributed by atoms with Gasteiger partial charge >= 0.3 is 0 Å². The molecule has 0 radical (unpaired) electrons. The Morgan fingerprint density at radius 3 is 2.67 bits per heavy atom. The highest BCUT2D eigenvalue weighted by Gasteiger charge is 2.06. The molecule has 0 spiro atoms. The van der Waals surface area contributed by atoms with Crippen molar-refractivity contribution in [2.75, 3.05) is 16.0 Å². The van der Waals surface area contributed by atoms with Crippen molar-refractivity contribution in [3.8, 4) is 0 Å². The summed E-state index contributed by atoms with van der Waals surface area (Å²) >= 11 is 0. The summed E-state index contributed by atoms with van der Waals surface area (Å²) in [6.45, 7) is 6.04. The molecule has 136 valence electrons. The van der Waals surface area contributed by atoms with Crippen molar-refractivity contribution in [2.45, 2.75) is 13.5 Å². The van der Waals surface area contributed by atoms with Crippen LogP contribution < -0.4 is 16.0 Å². The lowest BCUT2D eigenvalue weighted by Gasteiger charge is -2.12. The van der Waals surface area contributed by atoms with Crippen molar-refractivity contribution in [1.82, 2.24) is 9.97 Å². The Balaban J connectivity index is 1.72. The minimum absolute atomic E-state index is 0.252. The number of carbonyl (C=O) groups excluding carboxylic acids is 1. The number of carbonyl (C=O) groups is 1. The Kier molecular flexibility index (Phi) is 5.79. The molecule has 0 fully saturated rings. The molecule has 0 bridgehead atoms. The van der Waals surface area contributed by atoms with E-state index in [9.17, 15) is 4.79 Å². The molecule has 1 heterocycles. The number of amides is 1. The van der Waals surface area contributed by atoms with Crippen LogP contribution in [0.1, 0.15) is 11.1 Å². The molecule has 0 unspecified atom stereocenters. The molecule has 3 aromatic rings. The molecule has 6 heteroatoms. The molecule has 0 aliphatic heterocycles. The van der Waals surface area contributed by atoms with Gasteiger partial charge in [-0.25, -0.2) is 4.98 Å². The van der Waals surface area contributed by atoms with Crippen LogP contribution in [0.5, 0.6) is 0 Å². The molecule has 1 amide bonds. The Morgan fingerprint density at radius 1 is 1.11 bits per heavy atom. The van der Waals surface area contributed by atoms with Gasteiger partial charge in [-0.3, -0.25) is 4.79 Å². The van der Waals surface area contributed by atoms with E-state index in [4.69, 9.17) is 0 Å². The SMILES string of the molecule is C=CC(=O)Nc1cccc(Nc2nc(NCc3ccccc3)ncc2C)c1. The van der Waals surface area contributed by atoms with Gasteiger partial charge in [0.05, 0.1) is 0 Å². The summed E-state index contributed by atoms with van der Waals surface area (Å²) in [5.74, 6) is 0.994. The number of nitrogens with one attached hydrogen (secondary N) is 3. The maximum Gasteiger partial charge on any atom is 0.247 e. The van der Waals surface area contributed by atoms with E-state index in [-0.39, 0.29) is 5.91 Å². The zero-order valence-corrected chi connectivity index (χ0v) is 15.1. The zero-order chi connectivity index (χ0) is 19.1. The van der Waals surface area contributed by atoms with Gasteiger partial charge in [-0.2, -0.15) is 4.98 Å². The number of rotatable bonds is 7. The molecule has 3 rings (SSSR count). The van der Waals surface area contributed by atoms with Crippen LogP contribution in [0.25, 0.3) is 0 Å². The lowest BCUT2D eigenvalue weighted by Crippen LogP contribution is -2.08. The molecule has 0 saturated heterocycles.